The van der Waals surface area contributed by atoms with Gasteiger partial charge in [0, 0.05) is 5.92 Å². The van der Waals surface area contributed by atoms with Crippen molar-refractivity contribution >= 4 is 11.6 Å². The average Bonchev–Trinajstić information content (AvgIpc) is 2.92. The van der Waals surface area contributed by atoms with Crippen molar-refractivity contribution in [2.45, 2.75) is 94.3 Å². The van der Waals surface area contributed by atoms with Gasteiger partial charge in [0.1, 0.15) is 12.2 Å². The van der Waals surface area contributed by atoms with Crippen LogP contribution in [0, 0.1) is 22.7 Å². The first-order valence-electron chi connectivity index (χ1n) is 15.7. The summed E-state index contributed by atoms with van der Waals surface area (Å²) in [5.74, 6) is -0.311. The number of carbonyl (C=O) groups excluding carboxylic acids is 2. The minimum absolute atomic E-state index is 0.0545. The average molecular weight is 599 g/mol. The van der Waals surface area contributed by atoms with Crippen molar-refractivity contribution in [3.8, 4) is 0 Å². The second-order valence-electron chi connectivity index (χ2n) is 13.9. The lowest BCUT2D eigenvalue weighted by Gasteiger charge is -2.42. The second kappa shape index (κ2) is 16.1. The molecule has 4 nitrogen and oxygen atoms in total. The molecule has 4 unspecified atom stereocenters. The molecule has 4 heteroatoms. The van der Waals surface area contributed by atoms with Gasteiger partial charge in [0.15, 0.2) is 11.6 Å². The Hall–Kier alpha value is -3.34. The maximum atomic E-state index is 12.3. The minimum atomic E-state index is -0.905. The van der Waals surface area contributed by atoms with E-state index in [-0.39, 0.29) is 34.2 Å². The number of ketones is 2. The second-order valence-corrected chi connectivity index (χ2v) is 13.9. The van der Waals surface area contributed by atoms with Crippen LogP contribution in [0.3, 0.4) is 0 Å². The van der Waals surface area contributed by atoms with E-state index in [1.165, 1.54) is 0 Å². The minimum Gasteiger partial charge on any atom is -0.385 e. The summed E-state index contributed by atoms with van der Waals surface area (Å²) in [6, 6.07) is 0. The Bertz CT molecular complexity index is 1380. The molecule has 2 aliphatic rings. The molecular weight excluding hydrogens is 544 g/mol. The summed E-state index contributed by atoms with van der Waals surface area (Å²) < 4.78 is 0. The van der Waals surface area contributed by atoms with E-state index in [0.29, 0.717) is 18.4 Å². The van der Waals surface area contributed by atoms with Crippen LogP contribution >= 0.6 is 0 Å². The van der Waals surface area contributed by atoms with E-state index in [1.807, 2.05) is 56.4 Å². The molecule has 0 aromatic rings. The zero-order valence-corrected chi connectivity index (χ0v) is 28.5. The molecule has 1 fully saturated rings. The lowest BCUT2D eigenvalue weighted by Crippen LogP contribution is -2.45. The molecule has 0 heterocycles. The fraction of sp³-hybridized carbons (Fsp3) is 0.450. The molecule has 0 radical (unpaired) electrons. The third kappa shape index (κ3) is 10.7. The molecule has 0 amide bonds. The molecule has 0 aromatic heterocycles. The standard InChI is InChI=1S/C40H54O4/c1-27(17-13-19-29(3)21-23-33-31(5)37(43)35(41)25-39(33,7)8)15-11-12-16-28(2)18-14-20-30(4)22-24-34-32(6)38(44)36(42)26-40(34,9)10/h11-24,31,33,35-36,41-42H,25-26H2,1-10H3/b12-11+,17-13+,18-14+,23-21+,24-22+,27-15+,28-16+,29-19+,30-20+. The highest BCUT2D eigenvalue weighted by atomic mass is 16.3. The number of Topliss-reactive ketones (excluding diaryl/α,β-unsaturated/α-hetero) is 2. The van der Waals surface area contributed by atoms with Gasteiger partial charge in [-0.2, -0.15) is 0 Å². The summed E-state index contributed by atoms with van der Waals surface area (Å²) in [6.07, 6.45) is 27.9. The molecule has 0 bridgehead atoms. The molecular formula is C40H54O4. The van der Waals surface area contributed by atoms with E-state index in [9.17, 15) is 19.8 Å². The predicted molar refractivity (Wildman–Crippen MR) is 185 cm³/mol. The van der Waals surface area contributed by atoms with Gasteiger partial charge in [-0.25, -0.2) is 0 Å². The van der Waals surface area contributed by atoms with Gasteiger partial charge in [0.05, 0.1) is 0 Å². The van der Waals surface area contributed by atoms with Gasteiger partial charge >= 0.3 is 0 Å². The molecule has 2 N–H and O–H groups in total. The normalized spacial score (nSPS) is 27.8. The Kier molecular flexibility index (Phi) is 13.5. The van der Waals surface area contributed by atoms with Crippen molar-refractivity contribution in [1.82, 2.24) is 0 Å². The summed E-state index contributed by atoms with van der Waals surface area (Å²) in [6.45, 7) is 20.3. The van der Waals surface area contributed by atoms with Crippen molar-refractivity contribution in [2.75, 3.05) is 0 Å². The SMILES string of the molecule is CC1=C(/C=C/C(C)=C/C=C/C(C)=C/C=C/C=C(C)/C=C/C=C(C)/C=C/C2C(C)C(=O)C(O)CC2(C)C)C(C)(C)CC(O)C1=O. The molecule has 0 aromatic carbocycles. The smallest absolute Gasteiger partial charge is 0.187 e. The fourth-order valence-corrected chi connectivity index (χ4v) is 6.06. The highest BCUT2D eigenvalue weighted by Crippen LogP contribution is 2.43. The summed E-state index contributed by atoms with van der Waals surface area (Å²) in [5.41, 5.74) is 5.70. The van der Waals surface area contributed by atoms with Gasteiger partial charge in [0.2, 0.25) is 0 Å². The molecule has 0 spiro atoms. The maximum absolute atomic E-state index is 12.3. The van der Waals surface area contributed by atoms with E-state index in [2.05, 4.69) is 91.0 Å². The molecule has 238 valence electrons. The lowest BCUT2D eigenvalue weighted by molar-refractivity contribution is -0.140. The van der Waals surface area contributed by atoms with Crippen LogP contribution in [0.25, 0.3) is 0 Å². The first-order chi connectivity index (χ1) is 20.5. The van der Waals surface area contributed by atoms with Crippen LogP contribution in [-0.2, 0) is 9.59 Å². The number of hydrogen-bond donors (Lipinski definition) is 2. The maximum Gasteiger partial charge on any atom is 0.187 e. The van der Waals surface area contributed by atoms with Gasteiger partial charge in [-0.1, -0.05) is 142 Å². The van der Waals surface area contributed by atoms with Crippen molar-refractivity contribution in [1.29, 1.82) is 0 Å². The summed E-state index contributed by atoms with van der Waals surface area (Å²) in [7, 11) is 0. The van der Waals surface area contributed by atoms with Crippen LogP contribution in [0.4, 0.5) is 0 Å². The van der Waals surface area contributed by atoms with E-state index in [4.69, 9.17) is 0 Å². The first kappa shape index (κ1) is 36.8. The number of hydrogen-bond acceptors (Lipinski definition) is 4. The Morgan fingerprint density at radius 2 is 1.18 bits per heavy atom. The van der Waals surface area contributed by atoms with Crippen LogP contribution in [-0.4, -0.2) is 34.0 Å². The zero-order chi connectivity index (χ0) is 33.2. The largest absolute Gasteiger partial charge is 0.385 e. The highest BCUT2D eigenvalue weighted by molar-refractivity contribution is 6.00. The fourth-order valence-electron chi connectivity index (χ4n) is 6.06. The Morgan fingerprint density at radius 3 is 1.73 bits per heavy atom. The van der Waals surface area contributed by atoms with E-state index >= 15 is 0 Å². The summed E-state index contributed by atoms with van der Waals surface area (Å²) >= 11 is 0. The van der Waals surface area contributed by atoms with Crippen LogP contribution in [0.15, 0.2) is 119 Å². The Labute approximate surface area is 266 Å². The van der Waals surface area contributed by atoms with Crippen molar-refractivity contribution < 1.29 is 19.8 Å². The number of allylic oxidation sites excluding steroid dienone is 19. The van der Waals surface area contributed by atoms with Crippen LogP contribution in [0.1, 0.15) is 82.1 Å². The van der Waals surface area contributed by atoms with Crippen LogP contribution in [0.2, 0.25) is 0 Å². The third-order valence-corrected chi connectivity index (χ3v) is 8.79. The van der Waals surface area contributed by atoms with Gasteiger partial charge in [-0.05, 0) is 75.4 Å². The van der Waals surface area contributed by atoms with Gasteiger partial charge in [0.25, 0.3) is 0 Å². The Morgan fingerprint density at radius 1 is 0.705 bits per heavy atom. The molecule has 44 heavy (non-hydrogen) atoms. The van der Waals surface area contributed by atoms with Gasteiger partial charge < -0.3 is 10.2 Å². The number of rotatable bonds is 10. The van der Waals surface area contributed by atoms with Crippen molar-refractivity contribution in [2.24, 2.45) is 22.7 Å². The molecule has 1 saturated carbocycles. The first-order valence-corrected chi connectivity index (χ1v) is 15.7. The highest BCUT2D eigenvalue weighted by Gasteiger charge is 2.44. The van der Waals surface area contributed by atoms with E-state index in [1.54, 1.807) is 6.92 Å². The molecule has 2 aliphatic carbocycles. The van der Waals surface area contributed by atoms with Gasteiger partial charge in [-0.15, -0.1) is 0 Å². The Balaban J connectivity index is 1.93. The molecule has 4 atom stereocenters. The lowest BCUT2D eigenvalue weighted by atomic mass is 9.62. The predicted octanol–water partition coefficient (Wildman–Crippen LogP) is 8.84. The summed E-state index contributed by atoms with van der Waals surface area (Å²) in [4.78, 5) is 24.5. The number of carbonyl (C=O) groups is 2. The molecule has 2 rings (SSSR count). The quantitative estimate of drug-likeness (QED) is 0.246. The van der Waals surface area contributed by atoms with E-state index in [0.717, 1.165) is 27.9 Å². The monoisotopic (exact) mass is 598 g/mol. The van der Waals surface area contributed by atoms with Crippen LogP contribution < -0.4 is 0 Å². The van der Waals surface area contributed by atoms with Crippen molar-refractivity contribution in [3.63, 3.8) is 0 Å². The third-order valence-electron chi connectivity index (χ3n) is 8.79. The van der Waals surface area contributed by atoms with Crippen molar-refractivity contribution in [3.05, 3.63) is 119 Å². The molecule has 0 saturated heterocycles. The number of aliphatic hydroxyl groups excluding tert-OH is 2. The van der Waals surface area contributed by atoms with Gasteiger partial charge in [-0.3, -0.25) is 9.59 Å². The van der Waals surface area contributed by atoms with E-state index < -0.39 is 12.2 Å². The topological polar surface area (TPSA) is 74.6 Å². The zero-order valence-electron chi connectivity index (χ0n) is 28.5. The summed E-state index contributed by atoms with van der Waals surface area (Å²) in [5, 5.41) is 20.1. The number of aliphatic hydroxyl groups is 2. The molecule has 0 aliphatic heterocycles. The van der Waals surface area contributed by atoms with Crippen LogP contribution in [0.5, 0.6) is 0 Å².